The molecule has 5 heteroatoms. The number of aromatic nitrogens is 1. The molecule has 2 N–H and O–H groups in total. The highest BCUT2D eigenvalue weighted by Gasteiger charge is 2.27. The van der Waals surface area contributed by atoms with Crippen LogP contribution in [0.1, 0.15) is 17.7 Å². The average molecular weight is 302 g/mol. The molecule has 1 aliphatic rings. The van der Waals surface area contributed by atoms with Gasteiger partial charge in [-0.3, -0.25) is 4.90 Å². The van der Waals surface area contributed by atoms with Crippen molar-refractivity contribution in [2.75, 3.05) is 19.7 Å². The first-order chi connectivity index (χ1) is 10.7. The first-order valence-corrected chi connectivity index (χ1v) is 7.69. The number of rotatable bonds is 4. The van der Waals surface area contributed by atoms with Gasteiger partial charge in [-0.1, -0.05) is 35.0 Å². The van der Waals surface area contributed by atoms with Gasteiger partial charge < -0.3 is 14.7 Å². The van der Waals surface area contributed by atoms with Gasteiger partial charge in [-0.2, -0.15) is 0 Å². The fourth-order valence-electron chi connectivity index (χ4n) is 2.87. The fraction of sp³-hybridized carbons (Fsp3) is 0.471. The van der Waals surface area contributed by atoms with Gasteiger partial charge in [0.05, 0.1) is 12.6 Å². The molecule has 1 aliphatic heterocycles. The molecular formula is C17H22N2O3. The van der Waals surface area contributed by atoms with E-state index in [2.05, 4.69) is 29.1 Å². The van der Waals surface area contributed by atoms with Crippen LogP contribution in [0.5, 0.6) is 0 Å². The number of aliphatic hydroxyl groups excluding tert-OH is 2. The number of hydrogen-bond donors (Lipinski definition) is 2. The minimum Gasteiger partial charge on any atom is -0.396 e. The second-order valence-electron chi connectivity index (χ2n) is 6.08. The molecular weight excluding hydrogens is 280 g/mol. The molecule has 0 amide bonds. The number of nitrogens with zero attached hydrogens (tertiary/aromatic N) is 2. The van der Waals surface area contributed by atoms with Gasteiger partial charge in [-0.15, -0.1) is 0 Å². The maximum absolute atomic E-state index is 9.98. The lowest BCUT2D eigenvalue weighted by atomic mass is 9.95. The Morgan fingerprint density at radius 1 is 1.32 bits per heavy atom. The lowest BCUT2D eigenvalue weighted by Gasteiger charge is -2.34. The van der Waals surface area contributed by atoms with Crippen LogP contribution in [0.25, 0.3) is 11.3 Å². The number of hydrogen-bond acceptors (Lipinski definition) is 5. The summed E-state index contributed by atoms with van der Waals surface area (Å²) >= 11 is 0. The lowest BCUT2D eigenvalue weighted by molar-refractivity contribution is -0.00667. The third-order valence-electron chi connectivity index (χ3n) is 4.33. The fourth-order valence-corrected chi connectivity index (χ4v) is 2.87. The summed E-state index contributed by atoms with van der Waals surface area (Å²) in [4.78, 5) is 2.14. The highest BCUT2D eigenvalue weighted by atomic mass is 16.5. The smallest absolute Gasteiger partial charge is 0.151 e. The van der Waals surface area contributed by atoms with Crippen LogP contribution in [0.15, 0.2) is 34.9 Å². The molecule has 2 heterocycles. The molecule has 0 bridgehead atoms. The topological polar surface area (TPSA) is 69.7 Å². The van der Waals surface area contributed by atoms with E-state index in [1.807, 2.05) is 18.2 Å². The van der Waals surface area contributed by atoms with E-state index in [0.29, 0.717) is 13.1 Å². The van der Waals surface area contributed by atoms with Crippen LogP contribution in [0.3, 0.4) is 0 Å². The van der Waals surface area contributed by atoms with Crippen molar-refractivity contribution in [2.45, 2.75) is 26.0 Å². The van der Waals surface area contributed by atoms with Crippen molar-refractivity contribution >= 4 is 0 Å². The third-order valence-corrected chi connectivity index (χ3v) is 4.33. The van der Waals surface area contributed by atoms with Crippen molar-refractivity contribution in [3.63, 3.8) is 0 Å². The van der Waals surface area contributed by atoms with Crippen molar-refractivity contribution in [3.8, 4) is 11.3 Å². The molecule has 0 spiro atoms. The summed E-state index contributed by atoms with van der Waals surface area (Å²) in [5.41, 5.74) is 3.09. The molecule has 0 radical (unpaired) electrons. The van der Waals surface area contributed by atoms with Gasteiger partial charge in [-0.05, 0) is 19.9 Å². The van der Waals surface area contributed by atoms with E-state index in [-0.39, 0.29) is 12.5 Å². The lowest BCUT2D eigenvalue weighted by Crippen LogP contribution is -2.44. The van der Waals surface area contributed by atoms with E-state index in [0.717, 1.165) is 30.0 Å². The molecule has 22 heavy (non-hydrogen) atoms. The van der Waals surface area contributed by atoms with Crippen molar-refractivity contribution in [1.82, 2.24) is 10.1 Å². The second-order valence-corrected chi connectivity index (χ2v) is 6.08. The quantitative estimate of drug-likeness (QED) is 0.901. The van der Waals surface area contributed by atoms with Gasteiger partial charge in [-0.25, -0.2) is 0 Å². The Hall–Kier alpha value is -1.69. The SMILES string of the molecule is Cc1ccc(-c2cc(CN3CC[C@H](CO)[C@H](O)C3)on2)cc1. The Morgan fingerprint density at radius 2 is 2.09 bits per heavy atom. The molecule has 2 atom stereocenters. The Labute approximate surface area is 130 Å². The van der Waals surface area contributed by atoms with Crippen LogP contribution in [-0.2, 0) is 6.54 Å². The zero-order chi connectivity index (χ0) is 15.5. The Bertz CT molecular complexity index is 609. The summed E-state index contributed by atoms with van der Waals surface area (Å²) in [5, 5.41) is 23.3. The normalized spacial score (nSPS) is 22.9. The summed E-state index contributed by atoms with van der Waals surface area (Å²) in [5.74, 6) is 0.791. The van der Waals surface area contributed by atoms with E-state index in [9.17, 15) is 10.2 Å². The summed E-state index contributed by atoms with van der Waals surface area (Å²) in [7, 11) is 0. The second kappa shape index (κ2) is 6.60. The van der Waals surface area contributed by atoms with Crippen LogP contribution < -0.4 is 0 Å². The highest BCUT2D eigenvalue weighted by Crippen LogP contribution is 2.23. The molecule has 0 unspecified atom stereocenters. The summed E-state index contributed by atoms with van der Waals surface area (Å²) in [6.45, 7) is 4.15. The highest BCUT2D eigenvalue weighted by molar-refractivity contribution is 5.59. The van der Waals surface area contributed by atoms with Crippen LogP contribution in [0.4, 0.5) is 0 Å². The molecule has 1 aromatic carbocycles. The predicted octanol–water partition coefficient (Wildman–Crippen LogP) is 1.83. The van der Waals surface area contributed by atoms with Gasteiger partial charge in [0.2, 0.25) is 0 Å². The van der Waals surface area contributed by atoms with Gasteiger partial charge >= 0.3 is 0 Å². The molecule has 1 fully saturated rings. The third kappa shape index (κ3) is 3.38. The van der Waals surface area contributed by atoms with Crippen molar-refractivity contribution < 1.29 is 14.7 Å². The average Bonchev–Trinajstić information content (AvgIpc) is 2.97. The van der Waals surface area contributed by atoms with E-state index in [1.165, 1.54) is 5.56 Å². The minimum atomic E-state index is -0.474. The Morgan fingerprint density at radius 3 is 2.77 bits per heavy atom. The number of β-amino-alcohol motifs (C(OH)–C–C–N with tert-alkyl or cyclic N) is 1. The molecule has 1 saturated heterocycles. The molecule has 1 aromatic heterocycles. The first-order valence-electron chi connectivity index (χ1n) is 7.69. The van der Waals surface area contributed by atoms with Crippen molar-refractivity contribution in [1.29, 1.82) is 0 Å². The number of aliphatic hydroxyl groups is 2. The van der Waals surface area contributed by atoms with E-state index in [4.69, 9.17) is 4.52 Å². The standard InChI is InChI=1S/C17H22N2O3/c1-12-2-4-13(5-3-12)16-8-15(22-18-16)9-19-7-6-14(11-20)17(21)10-19/h2-5,8,14,17,20-21H,6-7,9-11H2,1H3/t14-,17-/m1/s1. The number of aryl methyl sites for hydroxylation is 1. The predicted molar refractivity (Wildman–Crippen MR) is 83.2 cm³/mol. The van der Waals surface area contributed by atoms with E-state index in [1.54, 1.807) is 0 Å². The molecule has 2 aromatic rings. The maximum Gasteiger partial charge on any atom is 0.151 e. The van der Waals surface area contributed by atoms with Gasteiger partial charge in [0.15, 0.2) is 5.76 Å². The monoisotopic (exact) mass is 302 g/mol. The largest absolute Gasteiger partial charge is 0.396 e. The molecule has 118 valence electrons. The van der Waals surface area contributed by atoms with Crippen LogP contribution in [0, 0.1) is 12.8 Å². The van der Waals surface area contributed by atoms with E-state index < -0.39 is 6.10 Å². The van der Waals surface area contributed by atoms with Gasteiger partial charge in [0.1, 0.15) is 5.69 Å². The van der Waals surface area contributed by atoms with Crippen molar-refractivity contribution in [3.05, 3.63) is 41.7 Å². The maximum atomic E-state index is 9.98. The number of likely N-dealkylation sites (tertiary alicyclic amines) is 1. The molecule has 3 rings (SSSR count). The first kappa shape index (κ1) is 15.2. The van der Waals surface area contributed by atoms with Crippen molar-refractivity contribution in [2.24, 2.45) is 5.92 Å². The Balaban J connectivity index is 1.64. The summed E-state index contributed by atoms with van der Waals surface area (Å²) < 4.78 is 5.42. The minimum absolute atomic E-state index is 0.00547. The van der Waals surface area contributed by atoms with Crippen LogP contribution in [-0.4, -0.2) is 46.1 Å². The number of piperidine rings is 1. The zero-order valence-electron chi connectivity index (χ0n) is 12.8. The van der Waals surface area contributed by atoms with E-state index >= 15 is 0 Å². The Kier molecular flexibility index (Phi) is 4.57. The molecule has 5 nitrogen and oxygen atoms in total. The van der Waals surface area contributed by atoms with Gasteiger partial charge in [0.25, 0.3) is 0 Å². The van der Waals surface area contributed by atoms with Crippen LogP contribution >= 0.6 is 0 Å². The zero-order valence-corrected chi connectivity index (χ0v) is 12.8. The summed E-state index contributed by atoms with van der Waals surface area (Å²) in [6, 6.07) is 10.1. The van der Waals surface area contributed by atoms with Crippen LogP contribution in [0.2, 0.25) is 0 Å². The molecule has 0 saturated carbocycles. The van der Waals surface area contributed by atoms with Gasteiger partial charge in [0, 0.05) is 30.7 Å². The summed E-state index contributed by atoms with van der Waals surface area (Å²) in [6.07, 6.45) is 0.328. The number of benzene rings is 1. The molecule has 0 aliphatic carbocycles.